The summed E-state index contributed by atoms with van der Waals surface area (Å²) in [6.07, 6.45) is 55.7. The Morgan fingerprint density at radius 2 is 0.484 bits per heavy atom. The van der Waals surface area contributed by atoms with Crippen LogP contribution in [-0.4, -0.2) is 6.21 Å². The van der Waals surface area contributed by atoms with Crippen LogP contribution >= 0.6 is 0 Å². The first-order valence-corrected chi connectivity index (χ1v) is 10.0. The van der Waals surface area contributed by atoms with Crippen LogP contribution in [0.1, 0.15) is 0 Å². The standard InChI is InChI=1S/C29H29NO/c1-2-4-6-8-10-12-14-16-18-20-22-24-26-28-30-31-29-27-25-23-21-19-17-15-13-11-9-7-5-3-1/h1-29H/b2-1?,5-3?,6-4?,9-7?,10-8?,13-11?,14-12?,17-15-,18-16-,21-19?,22-20?,25-23?,26-24?,29-27?,30-28?. The van der Waals surface area contributed by atoms with Gasteiger partial charge in [0.2, 0.25) is 0 Å². The van der Waals surface area contributed by atoms with E-state index in [9.17, 15) is 0 Å². The minimum absolute atomic E-state index is 1.51. The Morgan fingerprint density at radius 3 is 0.774 bits per heavy atom. The summed E-state index contributed by atoms with van der Waals surface area (Å²) in [5.41, 5.74) is 0. The molecule has 0 amide bonds. The van der Waals surface area contributed by atoms with Gasteiger partial charge in [-0.3, -0.25) is 0 Å². The van der Waals surface area contributed by atoms with Gasteiger partial charge < -0.3 is 4.84 Å². The van der Waals surface area contributed by atoms with Crippen LogP contribution in [0.15, 0.2) is 175 Å². The van der Waals surface area contributed by atoms with Crippen LogP contribution in [0.2, 0.25) is 0 Å². The molecule has 2 heteroatoms. The summed E-state index contributed by atoms with van der Waals surface area (Å²) in [4.78, 5) is 5.00. The van der Waals surface area contributed by atoms with Crippen LogP contribution in [0.5, 0.6) is 0 Å². The van der Waals surface area contributed by atoms with E-state index in [1.165, 1.54) is 6.26 Å². The molecule has 0 atom stereocenters. The van der Waals surface area contributed by atoms with Crippen molar-refractivity contribution < 1.29 is 4.84 Å². The first kappa shape index (κ1) is 24.9. The van der Waals surface area contributed by atoms with Crippen molar-refractivity contribution in [3.63, 3.8) is 0 Å². The number of oxime groups is 1. The second-order valence-corrected chi connectivity index (χ2v) is 5.69. The fourth-order valence-electron chi connectivity index (χ4n) is 1.84. The maximum atomic E-state index is 5.00. The monoisotopic (exact) mass is 407 g/mol. The maximum absolute atomic E-state index is 5.00. The third kappa shape index (κ3) is 20.4. The SMILES string of the molecule is C1=CC=CC=CC=C/C=C\C=CC=CC=NOC=CC=CC=C/C=C\C=CC=CC=C1. The fraction of sp³-hybridized carbons (Fsp3) is 0. The van der Waals surface area contributed by atoms with Crippen molar-refractivity contribution in [3.8, 4) is 0 Å². The summed E-state index contributed by atoms with van der Waals surface area (Å²) in [5.74, 6) is 0. The van der Waals surface area contributed by atoms with Gasteiger partial charge in [-0.25, -0.2) is 0 Å². The second kappa shape index (κ2) is 22.1. The van der Waals surface area contributed by atoms with Gasteiger partial charge in [-0.2, -0.15) is 0 Å². The molecule has 0 spiro atoms. The lowest BCUT2D eigenvalue weighted by Gasteiger charge is -1.83. The van der Waals surface area contributed by atoms with Crippen molar-refractivity contribution in [2.24, 2.45) is 5.16 Å². The predicted molar refractivity (Wildman–Crippen MR) is 138 cm³/mol. The fourth-order valence-corrected chi connectivity index (χ4v) is 1.84. The summed E-state index contributed by atoms with van der Waals surface area (Å²) in [5, 5.41) is 3.79. The molecule has 1 aliphatic rings. The normalized spacial score (nSPS) is 18.1. The number of rotatable bonds is 0. The van der Waals surface area contributed by atoms with E-state index in [1.54, 1.807) is 18.4 Å². The van der Waals surface area contributed by atoms with Crippen LogP contribution in [0.3, 0.4) is 0 Å². The molecule has 0 saturated heterocycles. The van der Waals surface area contributed by atoms with E-state index in [0.29, 0.717) is 0 Å². The second-order valence-electron chi connectivity index (χ2n) is 5.69. The number of nitrogens with zero attached hydrogens (tertiary/aromatic N) is 1. The zero-order chi connectivity index (χ0) is 21.9. The molecule has 31 heavy (non-hydrogen) atoms. The third-order valence-electron chi connectivity index (χ3n) is 3.24. The van der Waals surface area contributed by atoms with E-state index >= 15 is 0 Å². The van der Waals surface area contributed by atoms with E-state index in [2.05, 4.69) is 5.16 Å². The summed E-state index contributed by atoms with van der Waals surface area (Å²) < 4.78 is 0. The van der Waals surface area contributed by atoms with Crippen LogP contribution < -0.4 is 0 Å². The van der Waals surface area contributed by atoms with Crippen molar-refractivity contribution in [1.82, 2.24) is 0 Å². The quantitative estimate of drug-likeness (QED) is 0.402. The molecule has 0 radical (unpaired) electrons. The minimum atomic E-state index is 1.51. The Labute approximate surface area is 186 Å². The highest BCUT2D eigenvalue weighted by molar-refractivity contribution is 5.70. The van der Waals surface area contributed by atoms with Gasteiger partial charge in [0.05, 0.1) is 6.21 Å². The van der Waals surface area contributed by atoms with Gasteiger partial charge in [0.15, 0.2) is 0 Å². The molecule has 1 rings (SSSR count). The average Bonchev–Trinajstić information content (AvgIpc) is 2.78. The van der Waals surface area contributed by atoms with Gasteiger partial charge in [-0.1, -0.05) is 157 Å². The van der Waals surface area contributed by atoms with E-state index in [4.69, 9.17) is 4.84 Å². The van der Waals surface area contributed by atoms with Crippen LogP contribution in [0.25, 0.3) is 0 Å². The highest BCUT2D eigenvalue weighted by Gasteiger charge is 1.69. The number of hydrogen-bond acceptors (Lipinski definition) is 2. The van der Waals surface area contributed by atoms with E-state index in [-0.39, 0.29) is 0 Å². The van der Waals surface area contributed by atoms with Crippen molar-refractivity contribution in [3.05, 3.63) is 170 Å². The van der Waals surface area contributed by atoms with Crippen LogP contribution in [0.4, 0.5) is 0 Å². The Bertz CT molecular complexity index is 828. The Balaban J connectivity index is 2.64. The average molecular weight is 408 g/mol. The molecule has 0 unspecified atom stereocenters. The molecule has 2 nitrogen and oxygen atoms in total. The van der Waals surface area contributed by atoms with Crippen LogP contribution in [0, 0.1) is 0 Å². The lowest BCUT2D eigenvalue weighted by molar-refractivity contribution is 0.271. The van der Waals surface area contributed by atoms with Gasteiger partial charge in [0, 0.05) is 0 Å². The Morgan fingerprint density at radius 1 is 0.258 bits per heavy atom. The third-order valence-corrected chi connectivity index (χ3v) is 3.24. The summed E-state index contributed by atoms with van der Waals surface area (Å²) >= 11 is 0. The van der Waals surface area contributed by atoms with Gasteiger partial charge in [-0.15, -0.1) is 0 Å². The van der Waals surface area contributed by atoms with Crippen molar-refractivity contribution in [2.45, 2.75) is 0 Å². The first-order valence-electron chi connectivity index (χ1n) is 10.0. The Kier molecular flexibility index (Phi) is 17.7. The molecular formula is C29H29NO. The van der Waals surface area contributed by atoms with Crippen molar-refractivity contribution in [2.75, 3.05) is 0 Å². The summed E-state index contributed by atoms with van der Waals surface area (Å²) in [6.45, 7) is 0. The molecule has 0 aromatic rings. The zero-order valence-electron chi connectivity index (χ0n) is 17.6. The van der Waals surface area contributed by atoms with Crippen molar-refractivity contribution in [1.29, 1.82) is 0 Å². The van der Waals surface area contributed by atoms with Crippen molar-refractivity contribution >= 4 is 6.21 Å². The lowest BCUT2D eigenvalue weighted by atomic mass is 10.3. The molecule has 0 N–H and O–H groups in total. The highest BCUT2D eigenvalue weighted by Crippen LogP contribution is 1.88. The van der Waals surface area contributed by atoms with E-state index < -0.39 is 0 Å². The highest BCUT2D eigenvalue weighted by atomic mass is 16.6. The molecular weight excluding hydrogens is 378 g/mol. The molecule has 1 aliphatic heterocycles. The largest absolute Gasteiger partial charge is 0.365 e. The molecule has 1 heterocycles. The molecule has 0 saturated carbocycles. The van der Waals surface area contributed by atoms with E-state index in [1.807, 2.05) is 152 Å². The molecule has 156 valence electrons. The number of hydrogen-bond donors (Lipinski definition) is 0. The summed E-state index contributed by atoms with van der Waals surface area (Å²) in [6, 6.07) is 0. The van der Waals surface area contributed by atoms with Gasteiger partial charge in [0.25, 0.3) is 0 Å². The van der Waals surface area contributed by atoms with Gasteiger partial charge >= 0.3 is 0 Å². The molecule has 0 fully saturated rings. The van der Waals surface area contributed by atoms with Crippen LogP contribution in [-0.2, 0) is 4.84 Å². The minimum Gasteiger partial charge on any atom is -0.365 e. The number of allylic oxidation sites excluding steroid dienone is 27. The molecule has 0 aliphatic carbocycles. The maximum Gasteiger partial charge on any atom is 0.122 e. The molecule has 0 aromatic heterocycles. The predicted octanol–water partition coefficient (Wildman–Crippen LogP) is 7.75. The smallest absolute Gasteiger partial charge is 0.122 e. The van der Waals surface area contributed by atoms with Gasteiger partial charge in [0.1, 0.15) is 6.26 Å². The topological polar surface area (TPSA) is 21.6 Å². The Hall–Kier alpha value is -4.17. The van der Waals surface area contributed by atoms with Gasteiger partial charge in [-0.05, 0) is 12.2 Å². The molecule has 0 aromatic carbocycles. The van der Waals surface area contributed by atoms with E-state index in [0.717, 1.165) is 0 Å². The zero-order valence-corrected chi connectivity index (χ0v) is 17.6. The molecule has 0 bridgehead atoms. The summed E-state index contributed by atoms with van der Waals surface area (Å²) in [7, 11) is 0. The lowest BCUT2D eigenvalue weighted by Crippen LogP contribution is -1.68. The first-order chi connectivity index (χ1) is 15.5.